The second kappa shape index (κ2) is 13.6. The van der Waals surface area contributed by atoms with Crippen LogP contribution in [-0.4, -0.2) is 48.9 Å². The van der Waals surface area contributed by atoms with Crippen LogP contribution in [0.1, 0.15) is 44.4 Å². The highest BCUT2D eigenvalue weighted by Gasteiger charge is 2.32. The summed E-state index contributed by atoms with van der Waals surface area (Å²) in [5.41, 5.74) is 1.66. The third kappa shape index (κ3) is 7.27. The molecule has 2 aromatic heterocycles. The minimum absolute atomic E-state index is 0.00359. The average molecular weight is 703 g/mol. The topological polar surface area (TPSA) is 116 Å². The Hall–Kier alpha value is -2.99. The van der Waals surface area contributed by atoms with Gasteiger partial charge in [0.2, 0.25) is 5.88 Å². The molecule has 9 nitrogen and oxygen atoms in total. The number of nitrogens with one attached hydrogen (secondary N) is 1. The number of rotatable bonds is 10. The fraction of sp³-hybridized carbons (Fsp3) is 0.438. The van der Waals surface area contributed by atoms with Gasteiger partial charge in [-0.2, -0.15) is 10.2 Å². The zero-order chi connectivity index (χ0) is 33.4. The number of benzene rings is 2. The van der Waals surface area contributed by atoms with Crippen LogP contribution in [0.2, 0.25) is 30.7 Å². The van der Waals surface area contributed by atoms with E-state index in [0.29, 0.717) is 55.5 Å². The van der Waals surface area contributed by atoms with Crippen molar-refractivity contribution in [3.05, 3.63) is 39.7 Å². The third-order valence-electron chi connectivity index (χ3n) is 7.07. The minimum atomic E-state index is -1.28. The van der Waals surface area contributed by atoms with E-state index in [4.69, 9.17) is 35.5 Å². The number of fused-ring (bicyclic) bond motifs is 4. The maximum atomic E-state index is 16.1. The molecule has 0 spiro atoms. The Bertz CT molecular complexity index is 1870. The lowest BCUT2D eigenvalue weighted by molar-refractivity contribution is 0.0198. The molecule has 5 rings (SSSR count). The number of nitrogens with zero attached hydrogens (tertiary/aromatic N) is 3. The summed E-state index contributed by atoms with van der Waals surface area (Å²) >= 11 is 9.77. The smallest absolute Gasteiger partial charge is 0.412 e. The number of carbonyl (C=O) groups excluding carboxylic acids is 1. The lowest BCUT2D eigenvalue weighted by Gasteiger charge is -2.19. The van der Waals surface area contributed by atoms with Crippen molar-refractivity contribution in [1.82, 2.24) is 9.97 Å². The molecule has 1 aliphatic heterocycles. The van der Waals surface area contributed by atoms with Crippen molar-refractivity contribution in [1.29, 1.82) is 5.26 Å². The van der Waals surface area contributed by atoms with Gasteiger partial charge in [-0.25, -0.2) is 14.2 Å². The molecule has 1 aliphatic rings. The zero-order valence-electron chi connectivity index (χ0n) is 26.9. The van der Waals surface area contributed by atoms with E-state index in [2.05, 4.69) is 36.0 Å². The summed E-state index contributed by atoms with van der Waals surface area (Å²) < 4.78 is 39.9. The Balaban J connectivity index is 1.68. The quantitative estimate of drug-likeness (QED) is 0.0567. The van der Waals surface area contributed by atoms with Crippen LogP contribution in [0.5, 0.6) is 5.88 Å². The number of hydrogen-bond donors (Lipinski definition) is 1. The van der Waals surface area contributed by atoms with Gasteiger partial charge in [-0.15, -0.1) is 11.3 Å². The van der Waals surface area contributed by atoms with Gasteiger partial charge in [0.15, 0.2) is 11.9 Å². The van der Waals surface area contributed by atoms with Gasteiger partial charge >= 0.3 is 6.09 Å². The van der Waals surface area contributed by atoms with Crippen LogP contribution in [0.4, 0.5) is 14.2 Å². The van der Waals surface area contributed by atoms with E-state index in [9.17, 15) is 10.1 Å². The molecule has 0 aliphatic carbocycles. The number of carbonyl (C=O) groups is 1. The summed E-state index contributed by atoms with van der Waals surface area (Å²) in [6, 6.07) is 6.08. The first kappa shape index (κ1) is 34.3. The molecule has 0 atom stereocenters. The maximum Gasteiger partial charge on any atom is 0.412 e. The van der Waals surface area contributed by atoms with E-state index in [1.807, 2.05) is 6.92 Å². The molecule has 2 aromatic carbocycles. The summed E-state index contributed by atoms with van der Waals surface area (Å²) in [5.74, 6) is 0.447. The molecule has 14 heteroatoms. The molecule has 1 N–H and O–H groups in total. The number of amides is 1. The fourth-order valence-corrected chi connectivity index (χ4v) is 7.78. The second-order valence-electron chi connectivity index (χ2n) is 12.9. The third-order valence-corrected chi connectivity index (χ3v) is 10.9. The van der Waals surface area contributed by atoms with Crippen LogP contribution < -0.4 is 10.1 Å². The van der Waals surface area contributed by atoms with E-state index in [0.717, 1.165) is 22.9 Å². The Morgan fingerprint density at radius 2 is 1.93 bits per heavy atom. The summed E-state index contributed by atoms with van der Waals surface area (Å²) in [4.78, 5) is 22.1. The molecule has 0 fully saturated rings. The van der Waals surface area contributed by atoms with E-state index in [1.54, 1.807) is 26.8 Å². The van der Waals surface area contributed by atoms with E-state index in [-0.39, 0.29) is 41.2 Å². The molecule has 244 valence electrons. The summed E-state index contributed by atoms with van der Waals surface area (Å²) in [6.45, 7) is 15.0. The Kier molecular flexibility index (Phi) is 10.2. The van der Waals surface area contributed by atoms with Gasteiger partial charge in [0, 0.05) is 35.9 Å². The highest BCUT2D eigenvalue weighted by atomic mass is 35.5. The van der Waals surface area contributed by atoms with Crippen molar-refractivity contribution in [3.63, 3.8) is 0 Å². The lowest BCUT2D eigenvalue weighted by atomic mass is 9.91. The maximum absolute atomic E-state index is 16.1. The molecule has 4 aromatic rings. The molecule has 3 heterocycles. The Morgan fingerprint density at radius 3 is 2.61 bits per heavy atom. The summed E-state index contributed by atoms with van der Waals surface area (Å²) in [6.07, 6.45) is -0.717. The molecule has 0 bridgehead atoms. The van der Waals surface area contributed by atoms with Gasteiger partial charge in [0.1, 0.15) is 22.5 Å². The van der Waals surface area contributed by atoms with Crippen molar-refractivity contribution in [2.24, 2.45) is 0 Å². The van der Waals surface area contributed by atoms with E-state index in [1.165, 1.54) is 17.8 Å². The Labute approximate surface area is 281 Å². The number of hydrogen-bond acceptors (Lipinski definition) is 10. The first-order chi connectivity index (χ1) is 21.7. The number of thioether (sulfide) groups is 1. The van der Waals surface area contributed by atoms with Crippen molar-refractivity contribution < 1.29 is 28.1 Å². The normalized spacial score (nSPS) is 13.2. The molecule has 0 saturated heterocycles. The SMILES string of the molecule is CCSc1nc(OCOCC[Si](C)(C)C)c2c3c(c(-c4c(F)ccc5sc(NC(=O)OC(C)(C)C)c(C#N)c45)c(Cl)c2n1)COC3. The van der Waals surface area contributed by atoms with Gasteiger partial charge < -0.3 is 18.9 Å². The first-order valence-electron chi connectivity index (χ1n) is 14.8. The van der Waals surface area contributed by atoms with Crippen LogP contribution in [0.25, 0.3) is 32.1 Å². The molecule has 1 amide bonds. The Morgan fingerprint density at radius 1 is 1.20 bits per heavy atom. The van der Waals surface area contributed by atoms with Crippen LogP contribution in [0.15, 0.2) is 17.3 Å². The standard InChI is InChI=1S/C32H36ClFN4O5S2Si/c1-8-44-30-36-27-24(28(37-30)42-16-40-11-12-46(5,6)7)19-15-41-14-18(19)23(26(27)33)25-20(34)9-10-21-22(25)17(13-35)29(45-21)38-31(39)43-32(2,3)4/h9-10H,8,11-12,14-16H2,1-7H3,(H,38,39). The second-order valence-corrected chi connectivity index (χ2v) is 21.2. The molecule has 0 saturated carbocycles. The van der Waals surface area contributed by atoms with Crippen LogP contribution in [-0.2, 0) is 27.4 Å². The molecule has 0 unspecified atom stereocenters. The van der Waals surface area contributed by atoms with Gasteiger partial charge in [0.05, 0.1) is 34.7 Å². The minimum Gasteiger partial charge on any atom is -0.450 e. The first-order valence-corrected chi connectivity index (χ1v) is 20.7. The predicted molar refractivity (Wildman–Crippen MR) is 184 cm³/mol. The highest BCUT2D eigenvalue weighted by molar-refractivity contribution is 7.99. The number of halogens is 2. The van der Waals surface area contributed by atoms with Crippen molar-refractivity contribution in [2.45, 2.75) is 77.4 Å². The van der Waals surface area contributed by atoms with E-state index >= 15 is 4.39 Å². The predicted octanol–water partition coefficient (Wildman–Crippen LogP) is 9.36. The average Bonchev–Trinajstić information content (AvgIpc) is 3.57. The summed E-state index contributed by atoms with van der Waals surface area (Å²) in [5, 5.41) is 14.8. The van der Waals surface area contributed by atoms with Crippen LogP contribution >= 0.6 is 34.7 Å². The molecule has 0 radical (unpaired) electrons. The molecular weight excluding hydrogens is 667 g/mol. The highest BCUT2D eigenvalue weighted by Crippen LogP contribution is 2.50. The number of aromatic nitrogens is 2. The van der Waals surface area contributed by atoms with E-state index < -0.39 is 25.6 Å². The van der Waals surface area contributed by atoms with Crippen LogP contribution in [0, 0.1) is 17.1 Å². The zero-order valence-corrected chi connectivity index (χ0v) is 30.2. The van der Waals surface area contributed by atoms with Crippen molar-refractivity contribution in [2.75, 3.05) is 24.5 Å². The summed E-state index contributed by atoms with van der Waals surface area (Å²) in [7, 11) is -1.28. The van der Waals surface area contributed by atoms with Gasteiger partial charge in [-0.05, 0) is 55.8 Å². The largest absolute Gasteiger partial charge is 0.450 e. The number of thiophene rings is 1. The fourth-order valence-electron chi connectivity index (χ4n) is 5.07. The van der Waals surface area contributed by atoms with Gasteiger partial charge in [-0.1, -0.05) is 49.9 Å². The molecule has 46 heavy (non-hydrogen) atoms. The van der Waals surface area contributed by atoms with Gasteiger partial charge in [0.25, 0.3) is 0 Å². The van der Waals surface area contributed by atoms with Gasteiger partial charge in [-0.3, -0.25) is 5.32 Å². The number of anilines is 1. The monoisotopic (exact) mass is 702 g/mol. The lowest BCUT2D eigenvalue weighted by Crippen LogP contribution is -2.27. The van der Waals surface area contributed by atoms with Crippen molar-refractivity contribution in [3.8, 4) is 23.1 Å². The van der Waals surface area contributed by atoms with Crippen molar-refractivity contribution >= 4 is 74.9 Å². The molecular formula is C32H36ClFN4O5S2Si. The number of nitriles is 1. The van der Waals surface area contributed by atoms with Crippen LogP contribution in [0.3, 0.4) is 0 Å². The number of ether oxygens (including phenoxy) is 4.